The van der Waals surface area contributed by atoms with Crippen LogP contribution in [0, 0.1) is 5.41 Å². The van der Waals surface area contributed by atoms with Gasteiger partial charge in [0, 0.05) is 45.4 Å². The van der Waals surface area contributed by atoms with Crippen LogP contribution in [0.1, 0.15) is 40.0 Å². The van der Waals surface area contributed by atoms with Crippen molar-refractivity contribution in [2.45, 2.75) is 52.2 Å². The number of hydrogen-bond donors (Lipinski definition) is 1. The fourth-order valence-electron chi connectivity index (χ4n) is 3.37. The van der Waals surface area contributed by atoms with Gasteiger partial charge in [-0.3, -0.25) is 9.79 Å². The highest BCUT2D eigenvalue weighted by Crippen LogP contribution is 2.44. The lowest BCUT2D eigenvalue weighted by Crippen LogP contribution is -2.55. The molecule has 0 aromatic carbocycles. The third-order valence-electron chi connectivity index (χ3n) is 5.22. The van der Waals surface area contributed by atoms with Crippen molar-refractivity contribution in [3.8, 4) is 0 Å². The Morgan fingerprint density at radius 1 is 1.26 bits per heavy atom. The van der Waals surface area contributed by atoms with E-state index in [-0.39, 0.29) is 12.0 Å². The minimum absolute atomic E-state index is 0.174. The first-order valence-corrected chi connectivity index (χ1v) is 8.97. The third-order valence-corrected chi connectivity index (χ3v) is 5.22. The molecule has 3 rings (SSSR count). The molecule has 0 radical (unpaired) electrons. The summed E-state index contributed by atoms with van der Waals surface area (Å²) < 4.78 is 5.52. The Morgan fingerprint density at radius 2 is 1.91 bits per heavy atom. The lowest BCUT2D eigenvalue weighted by Gasteiger charge is -2.37. The van der Waals surface area contributed by atoms with Crippen LogP contribution >= 0.6 is 0 Å². The van der Waals surface area contributed by atoms with Crippen molar-refractivity contribution in [1.82, 2.24) is 15.1 Å². The van der Waals surface area contributed by atoms with Crippen molar-refractivity contribution in [1.29, 1.82) is 0 Å². The first-order chi connectivity index (χ1) is 11.0. The minimum atomic E-state index is -0.198. The lowest BCUT2D eigenvalue weighted by molar-refractivity contribution is -0.142. The van der Waals surface area contributed by atoms with Gasteiger partial charge in [0.05, 0.1) is 0 Å². The van der Waals surface area contributed by atoms with Crippen LogP contribution in [0.25, 0.3) is 0 Å². The van der Waals surface area contributed by atoms with Crippen molar-refractivity contribution >= 4 is 11.9 Å². The number of amides is 1. The zero-order valence-corrected chi connectivity index (χ0v) is 14.7. The molecule has 2 atom stereocenters. The fraction of sp³-hybridized carbons (Fsp3) is 0.882. The number of nitrogens with zero attached hydrogens (tertiary/aromatic N) is 3. The van der Waals surface area contributed by atoms with Crippen molar-refractivity contribution < 1.29 is 9.53 Å². The maximum absolute atomic E-state index is 12.4. The first-order valence-electron chi connectivity index (χ1n) is 8.97. The molecule has 1 N–H and O–H groups in total. The van der Waals surface area contributed by atoms with E-state index >= 15 is 0 Å². The van der Waals surface area contributed by atoms with Gasteiger partial charge in [-0.1, -0.05) is 13.8 Å². The summed E-state index contributed by atoms with van der Waals surface area (Å²) in [7, 11) is 0. The highest BCUT2D eigenvalue weighted by Gasteiger charge is 2.46. The summed E-state index contributed by atoms with van der Waals surface area (Å²) in [6.07, 6.45) is 2.88. The number of guanidine groups is 1. The van der Waals surface area contributed by atoms with Gasteiger partial charge in [-0.25, -0.2) is 0 Å². The van der Waals surface area contributed by atoms with Gasteiger partial charge in [0.15, 0.2) is 5.96 Å². The summed E-state index contributed by atoms with van der Waals surface area (Å²) >= 11 is 0. The molecule has 23 heavy (non-hydrogen) atoms. The van der Waals surface area contributed by atoms with E-state index in [9.17, 15) is 4.79 Å². The molecule has 3 aliphatic rings. The molecule has 2 aliphatic heterocycles. The largest absolute Gasteiger partial charge is 0.368 e. The molecule has 2 saturated heterocycles. The van der Waals surface area contributed by atoms with Crippen molar-refractivity contribution in [2.24, 2.45) is 10.4 Å². The van der Waals surface area contributed by atoms with Crippen LogP contribution in [0.3, 0.4) is 0 Å². The molecule has 130 valence electrons. The Morgan fingerprint density at radius 3 is 2.43 bits per heavy atom. The zero-order chi connectivity index (χ0) is 16.4. The molecule has 3 fully saturated rings. The average molecular weight is 322 g/mol. The predicted octanol–water partition coefficient (Wildman–Crippen LogP) is 1.07. The van der Waals surface area contributed by atoms with E-state index in [1.54, 1.807) is 0 Å². The second-order valence-corrected chi connectivity index (χ2v) is 7.50. The number of aliphatic imine (C=N–C) groups is 1. The van der Waals surface area contributed by atoms with E-state index in [2.05, 4.69) is 36.0 Å². The van der Waals surface area contributed by atoms with Crippen molar-refractivity contribution in [3.63, 3.8) is 0 Å². The fourth-order valence-corrected chi connectivity index (χ4v) is 3.37. The van der Waals surface area contributed by atoms with E-state index in [0.717, 1.165) is 58.1 Å². The molecule has 1 amide bonds. The highest BCUT2D eigenvalue weighted by atomic mass is 16.5. The maximum Gasteiger partial charge on any atom is 0.251 e. The molecule has 6 heteroatoms. The normalized spacial score (nSPS) is 30.5. The number of carbonyl (C=O) groups is 1. The molecule has 0 aromatic heterocycles. The number of piperazine rings is 1. The Balaban J connectivity index is 1.52. The molecule has 0 spiro atoms. The van der Waals surface area contributed by atoms with Crippen LogP contribution in [-0.2, 0) is 9.53 Å². The Kier molecular flexibility index (Phi) is 4.80. The number of ether oxygens (including phenoxy) is 1. The van der Waals surface area contributed by atoms with Crippen molar-refractivity contribution in [2.75, 3.05) is 39.3 Å². The summed E-state index contributed by atoms with van der Waals surface area (Å²) in [5, 5.41) is 3.60. The molecule has 0 aromatic rings. The molecule has 6 nitrogen and oxygen atoms in total. The topological polar surface area (TPSA) is 57.2 Å². The average Bonchev–Trinajstić information content (AvgIpc) is 2.95. The Hall–Kier alpha value is -1.30. The van der Waals surface area contributed by atoms with Gasteiger partial charge in [-0.05, 0) is 31.6 Å². The summed E-state index contributed by atoms with van der Waals surface area (Å²) in [4.78, 5) is 21.3. The molecule has 1 saturated carbocycles. The predicted molar refractivity (Wildman–Crippen MR) is 90.4 cm³/mol. The van der Waals surface area contributed by atoms with E-state index in [1.165, 1.54) is 6.42 Å². The molecule has 2 unspecified atom stereocenters. The molecular formula is C17H30N4O2. The van der Waals surface area contributed by atoms with E-state index < -0.39 is 0 Å². The monoisotopic (exact) mass is 322 g/mol. The second kappa shape index (κ2) is 6.67. The number of hydrogen-bond acceptors (Lipinski definition) is 3. The number of rotatable bonds is 3. The van der Waals surface area contributed by atoms with Gasteiger partial charge in [-0.2, -0.15) is 0 Å². The SMILES string of the molecule is CCN=C(NC1CC1(C)C)N1CCN(C(=O)C2CCCO2)CC1. The third kappa shape index (κ3) is 3.79. The second-order valence-electron chi connectivity index (χ2n) is 7.50. The minimum Gasteiger partial charge on any atom is -0.368 e. The van der Waals surface area contributed by atoms with Crippen molar-refractivity contribution in [3.05, 3.63) is 0 Å². The standard InChI is InChI=1S/C17H30N4O2/c1-4-18-16(19-14-12-17(14,2)3)21-9-7-20(8-10-21)15(22)13-6-5-11-23-13/h13-14H,4-12H2,1-3H3,(H,18,19). The van der Waals surface area contributed by atoms with Gasteiger partial charge < -0.3 is 19.9 Å². The van der Waals surface area contributed by atoms with Gasteiger partial charge in [0.2, 0.25) is 0 Å². The maximum atomic E-state index is 12.4. The molecule has 1 aliphatic carbocycles. The first kappa shape index (κ1) is 16.6. The van der Waals surface area contributed by atoms with Crippen LogP contribution in [0.15, 0.2) is 4.99 Å². The summed E-state index contributed by atoms with van der Waals surface area (Å²) in [5.74, 6) is 1.18. The quantitative estimate of drug-likeness (QED) is 0.624. The van der Waals surface area contributed by atoms with E-state index in [0.29, 0.717) is 11.5 Å². The van der Waals surface area contributed by atoms with Crippen LogP contribution in [-0.4, -0.2) is 73.1 Å². The highest BCUT2D eigenvalue weighted by molar-refractivity contribution is 5.83. The van der Waals surface area contributed by atoms with Crippen LogP contribution < -0.4 is 5.32 Å². The zero-order valence-electron chi connectivity index (χ0n) is 14.7. The summed E-state index contributed by atoms with van der Waals surface area (Å²) in [6, 6.07) is 0.527. The number of carbonyl (C=O) groups excluding carboxylic acids is 1. The van der Waals surface area contributed by atoms with Crippen LogP contribution in [0.4, 0.5) is 0 Å². The molecular weight excluding hydrogens is 292 g/mol. The summed E-state index contributed by atoms with van der Waals surface area (Å²) in [5.41, 5.74) is 0.381. The van der Waals surface area contributed by atoms with E-state index in [1.807, 2.05) is 4.90 Å². The van der Waals surface area contributed by atoms with Gasteiger partial charge in [0.25, 0.3) is 5.91 Å². The lowest BCUT2D eigenvalue weighted by atomic mass is 10.2. The Bertz CT molecular complexity index is 463. The van der Waals surface area contributed by atoms with Crippen LogP contribution in [0.5, 0.6) is 0 Å². The summed E-state index contributed by atoms with van der Waals surface area (Å²) in [6.45, 7) is 11.4. The molecule has 2 heterocycles. The Labute approximate surface area is 139 Å². The van der Waals surface area contributed by atoms with Gasteiger partial charge >= 0.3 is 0 Å². The smallest absolute Gasteiger partial charge is 0.251 e. The van der Waals surface area contributed by atoms with Gasteiger partial charge in [-0.15, -0.1) is 0 Å². The van der Waals surface area contributed by atoms with Crippen LogP contribution in [0.2, 0.25) is 0 Å². The van der Waals surface area contributed by atoms with Gasteiger partial charge in [0.1, 0.15) is 6.10 Å². The van der Waals surface area contributed by atoms with E-state index in [4.69, 9.17) is 4.74 Å². The molecule has 0 bridgehead atoms. The number of nitrogens with one attached hydrogen (secondary N) is 1.